The van der Waals surface area contributed by atoms with Gasteiger partial charge in [-0.2, -0.15) is 0 Å². The second kappa shape index (κ2) is 9.47. The van der Waals surface area contributed by atoms with Gasteiger partial charge in [-0.15, -0.1) is 0 Å². The molecule has 2 N–H and O–H groups in total. The maximum Gasteiger partial charge on any atom is 0.306 e. The molecule has 0 bridgehead atoms. The minimum atomic E-state index is -0.124. The van der Waals surface area contributed by atoms with Crippen molar-refractivity contribution in [1.29, 1.82) is 0 Å². The van der Waals surface area contributed by atoms with Gasteiger partial charge in [0.1, 0.15) is 11.5 Å². The van der Waals surface area contributed by atoms with Crippen LogP contribution in [0, 0.1) is 13.8 Å². The molecule has 0 radical (unpaired) electrons. The van der Waals surface area contributed by atoms with E-state index in [0.29, 0.717) is 31.9 Å². The number of carbonyl (C=O) groups excluding carboxylic acids is 1. The largest absolute Gasteiger partial charge is 0.493 e. The second-order valence-electron chi connectivity index (χ2n) is 8.30. The number of nitrogens with two attached hydrogens (primary N) is 1. The highest BCUT2D eigenvalue weighted by molar-refractivity contribution is 5.71. The van der Waals surface area contributed by atoms with Crippen LogP contribution in [-0.4, -0.2) is 24.2 Å². The van der Waals surface area contributed by atoms with Crippen LogP contribution in [0.2, 0.25) is 0 Å². The minimum Gasteiger partial charge on any atom is -0.493 e. The Morgan fingerprint density at radius 1 is 1.22 bits per heavy atom. The lowest BCUT2D eigenvalue weighted by Gasteiger charge is -2.12. The highest BCUT2D eigenvalue weighted by Crippen LogP contribution is 2.37. The summed E-state index contributed by atoms with van der Waals surface area (Å²) in [6.07, 6.45) is 3.03. The molecule has 1 aliphatic rings. The molecule has 0 unspecified atom stereocenters. The number of aryl methyl sites for hydroxylation is 3. The van der Waals surface area contributed by atoms with E-state index >= 15 is 0 Å². The standard InChI is InChI=1S/C26H30N2O4/c1-4-30-25(29)15-19-8-7-18-13-21(9-10-22(18)19)31-12-11-24-17(3)32-26(28-24)20-6-5-16(2)23(27)14-20/h5-6,9-10,13-14,19H,4,7-8,11-12,15,27H2,1-3H3/t19-/m0/s1. The topological polar surface area (TPSA) is 87.6 Å². The zero-order chi connectivity index (χ0) is 22.7. The third-order valence-corrected chi connectivity index (χ3v) is 6.06. The summed E-state index contributed by atoms with van der Waals surface area (Å²) in [4.78, 5) is 16.5. The molecule has 4 rings (SSSR count). The van der Waals surface area contributed by atoms with Gasteiger partial charge in [-0.1, -0.05) is 12.1 Å². The van der Waals surface area contributed by atoms with E-state index in [-0.39, 0.29) is 11.9 Å². The van der Waals surface area contributed by atoms with Gasteiger partial charge in [0.05, 0.1) is 25.3 Å². The molecule has 0 aliphatic heterocycles. The first-order valence-electron chi connectivity index (χ1n) is 11.2. The SMILES string of the molecule is CCOC(=O)C[C@@H]1CCc2cc(OCCc3nc(-c4ccc(C)c(N)c4)oc3C)ccc21. The van der Waals surface area contributed by atoms with E-state index in [9.17, 15) is 4.79 Å². The summed E-state index contributed by atoms with van der Waals surface area (Å²) in [5.41, 5.74) is 12.0. The van der Waals surface area contributed by atoms with E-state index in [1.165, 1.54) is 11.1 Å². The number of aromatic nitrogens is 1. The van der Waals surface area contributed by atoms with Gasteiger partial charge >= 0.3 is 5.97 Å². The molecular formula is C26H30N2O4. The van der Waals surface area contributed by atoms with Crippen molar-refractivity contribution in [3.63, 3.8) is 0 Å². The van der Waals surface area contributed by atoms with E-state index in [1.807, 2.05) is 45.0 Å². The summed E-state index contributed by atoms with van der Waals surface area (Å²) in [6.45, 7) is 6.67. The van der Waals surface area contributed by atoms with Crippen LogP contribution >= 0.6 is 0 Å². The summed E-state index contributed by atoms with van der Waals surface area (Å²) in [6, 6.07) is 12.0. The van der Waals surface area contributed by atoms with Crippen LogP contribution in [0.1, 0.15) is 53.8 Å². The van der Waals surface area contributed by atoms with Crippen molar-refractivity contribution in [1.82, 2.24) is 4.98 Å². The van der Waals surface area contributed by atoms with Crippen molar-refractivity contribution in [2.75, 3.05) is 18.9 Å². The molecule has 6 nitrogen and oxygen atoms in total. The fourth-order valence-corrected chi connectivity index (χ4v) is 4.23. The van der Waals surface area contributed by atoms with Crippen LogP contribution < -0.4 is 10.5 Å². The summed E-state index contributed by atoms with van der Waals surface area (Å²) in [7, 11) is 0. The maximum absolute atomic E-state index is 11.8. The predicted molar refractivity (Wildman–Crippen MR) is 124 cm³/mol. The molecule has 1 atom stereocenters. The second-order valence-corrected chi connectivity index (χ2v) is 8.30. The molecule has 32 heavy (non-hydrogen) atoms. The number of esters is 1. The number of nitrogens with zero attached hydrogens (tertiary/aromatic N) is 1. The lowest BCUT2D eigenvalue weighted by molar-refractivity contribution is -0.143. The van der Waals surface area contributed by atoms with Crippen LogP contribution in [0.15, 0.2) is 40.8 Å². The Labute approximate surface area is 188 Å². The molecule has 6 heteroatoms. The maximum atomic E-state index is 11.8. The number of anilines is 1. The van der Waals surface area contributed by atoms with Crippen molar-refractivity contribution in [3.05, 3.63) is 64.5 Å². The first-order chi connectivity index (χ1) is 15.4. The molecule has 0 spiro atoms. The van der Waals surface area contributed by atoms with E-state index in [1.54, 1.807) is 0 Å². The molecular weight excluding hydrogens is 404 g/mol. The molecule has 1 heterocycles. The summed E-state index contributed by atoms with van der Waals surface area (Å²) in [5.74, 6) is 2.33. The number of ether oxygens (including phenoxy) is 2. The predicted octanol–water partition coefficient (Wildman–Crippen LogP) is 5.15. The van der Waals surface area contributed by atoms with Crippen LogP contribution in [0.25, 0.3) is 11.5 Å². The number of rotatable bonds is 8. The van der Waals surface area contributed by atoms with Crippen LogP contribution in [0.3, 0.4) is 0 Å². The molecule has 0 amide bonds. The summed E-state index contributed by atoms with van der Waals surface area (Å²) in [5, 5.41) is 0. The number of benzene rings is 2. The van der Waals surface area contributed by atoms with Gasteiger partial charge in [-0.05, 0) is 80.5 Å². The molecule has 2 aromatic carbocycles. The molecule has 0 saturated heterocycles. The number of fused-ring (bicyclic) bond motifs is 1. The monoisotopic (exact) mass is 434 g/mol. The van der Waals surface area contributed by atoms with Gasteiger partial charge in [0, 0.05) is 17.7 Å². The molecule has 0 fully saturated rings. The van der Waals surface area contributed by atoms with E-state index in [2.05, 4.69) is 17.1 Å². The van der Waals surface area contributed by atoms with Gasteiger partial charge in [-0.3, -0.25) is 4.79 Å². The third kappa shape index (κ3) is 4.79. The summed E-state index contributed by atoms with van der Waals surface area (Å²) < 4.78 is 17.0. The average molecular weight is 435 g/mol. The van der Waals surface area contributed by atoms with Crippen molar-refractivity contribution >= 4 is 11.7 Å². The first-order valence-corrected chi connectivity index (χ1v) is 11.2. The van der Waals surface area contributed by atoms with Gasteiger partial charge in [0.15, 0.2) is 0 Å². The molecule has 168 valence electrons. The zero-order valence-corrected chi connectivity index (χ0v) is 18.9. The normalized spacial score (nSPS) is 14.9. The molecule has 1 aliphatic carbocycles. The Bertz CT molecular complexity index is 1120. The van der Waals surface area contributed by atoms with E-state index < -0.39 is 0 Å². The third-order valence-electron chi connectivity index (χ3n) is 6.06. The fourth-order valence-electron chi connectivity index (χ4n) is 4.23. The van der Waals surface area contributed by atoms with Gasteiger partial charge < -0.3 is 19.6 Å². The summed E-state index contributed by atoms with van der Waals surface area (Å²) >= 11 is 0. The average Bonchev–Trinajstić information content (AvgIpc) is 3.33. The lowest BCUT2D eigenvalue weighted by Crippen LogP contribution is -2.08. The molecule has 0 saturated carbocycles. The molecule has 1 aromatic heterocycles. The lowest BCUT2D eigenvalue weighted by atomic mass is 9.98. The Morgan fingerprint density at radius 3 is 2.84 bits per heavy atom. The Hall–Kier alpha value is -3.28. The van der Waals surface area contributed by atoms with Crippen molar-refractivity contribution < 1.29 is 18.7 Å². The molecule has 3 aromatic rings. The van der Waals surface area contributed by atoms with Gasteiger partial charge in [0.2, 0.25) is 5.89 Å². The Kier molecular flexibility index (Phi) is 6.49. The van der Waals surface area contributed by atoms with Crippen molar-refractivity contribution in [3.8, 4) is 17.2 Å². The number of carbonyl (C=O) groups is 1. The minimum absolute atomic E-state index is 0.124. The van der Waals surface area contributed by atoms with Crippen LogP contribution in [0.4, 0.5) is 5.69 Å². The highest BCUT2D eigenvalue weighted by Gasteiger charge is 2.25. The Morgan fingerprint density at radius 2 is 2.06 bits per heavy atom. The van der Waals surface area contributed by atoms with Crippen LogP contribution in [-0.2, 0) is 22.4 Å². The quantitative estimate of drug-likeness (QED) is 0.390. The Balaban J connectivity index is 1.36. The zero-order valence-electron chi connectivity index (χ0n) is 18.9. The fraction of sp³-hybridized carbons (Fsp3) is 0.385. The first kappa shape index (κ1) is 21.9. The van der Waals surface area contributed by atoms with Crippen molar-refractivity contribution in [2.45, 2.75) is 52.4 Å². The number of hydrogen-bond acceptors (Lipinski definition) is 6. The van der Waals surface area contributed by atoms with Crippen molar-refractivity contribution in [2.24, 2.45) is 0 Å². The van der Waals surface area contributed by atoms with E-state index in [0.717, 1.165) is 46.9 Å². The number of nitrogen functional groups attached to an aromatic ring is 1. The van der Waals surface area contributed by atoms with Gasteiger partial charge in [-0.25, -0.2) is 4.98 Å². The number of hydrogen-bond donors (Lipinski definition) is 1. The highest BCUT2D eigenvalue weighted by atomic mass is 16.5. The smallest absolute Gasteiger partial charge is 0.306 e. The van der Waals surface area contributed by atoms with Crippen LogP contribution in [0.5, 0.6) is 5.75 Å². The van der Waals surface area contributed by atoms with E-state index in [4.69, 9.17) is 19.6 Å². The van der Waals surface area contributed by atoms with Gasteiger partial charge in [0.25, 0.3) is 0 Å². The number of oxazole rings is 1.